The molecule has 1 saturated heterocycles. The molecule has 3 nitrogen and oxygen atoms in total. The molecule has 1 fully saturated rings. The Kier molecular flexibility index (Phi) is 5.19. The predicted octanol–water partition coefficient (Wildman–Crippen LogP) is 1.96. The minimum atomic E-state index is -0.165. The minimum absolute atomic E-state index is 0.165. The molecule has 1 unspecified atom stereocenters. The van der Waals surface area contributed by atoms with E-state index in [-0.39, 0.29) is 12.0 Å². The maximum absolute atomic E-state index is 9.87. The summed E-state index contributed by atoms with van der Waals surface area (Å²) in [6.07, 6.45) is 0. The van der Waals surface area contributed by atoms with Crippen LogP contribution in [-0.2, 0) is 5.41 Å². The molecule has 2 rings (SSSR count). The van der Waals surface area contributed by atoms with Crippen LogP contribution in [0.3, 0.4) is 0 Å². The number of hydrogen-bond donors (Lipinski definition) is 1. The number of aliphatic hydroxyl groups is 1. The van der Waals surface area contributed by atoms with Crippen molar-refractivity contribution < 1.29 is 5.11 Å². The van der Waals surface area contributed by atoms with Gasteiger partial charge in [0.05, 0.1) is 6.61 Å². The number of rotatable bonds is 5. The number of nitrogens with zero attached hydrogens (tertiary/aromatic N) is 2. The summed E-state index contributed by atoms with van der Waals surface area (Å²) in [7, 11) is 0. The highest BCUT2D eigenvalue weighted by molar-refractivity contribution is 5.25. The lowest BCUT2D eigenvalue weighted by Crippen LogP contribution is -2.52. The van der Waals surface area contributed by atoms with Crippen LogP contribution < -0.4 is 0 Å². The van der Waals surface area contributed by atoms with E-state index in [1.807, 2.05) is 6.07 Å². The molecule has 20 heavy (non-hydrogen) atoms. The monoisotopic (exact) mass is 276 g/mol. The molecule has 0 spiro atoms. The van der Waals surface area contributed by atoms with Gasteiger partial charge in [0.15, 0.2) is 0 Å². The summed E-state index contributed by atoms with van der Waals surface area (Å²) in [6.45, 7) is 12.3. The lowest BCUT2D eigenvalue weighted by atomic mass is 9.82. The summed E-state index contributed by atoms with van der Waals surface area (Å²) in [5, 5.41) is 9.87. The Morgan fingerprint density at radius 3 is 2.20 bits per heavy atom. The zero-order chi connectivity index (χ0) is 14.6. The Bertz CT molecular complexity index is 399. The number of piperazine rings is 1. The molecule has 0 amide bonds. The fourth-order valence-electron chi connectivity index (χ4n) is 3.00. The largest absolute Gasteiger partial charge is 0.395 e. The van der Waals surface area contributed by atoms with E-state index in [0.717, 1.165) is 32.7 Å². The van der Waals surface area contributed by atoms with Crippen LogP contribution in [0.15, 0.2) is 30.3 Å². The van der Waals surface area contributed by atoms with E-state index in [2.05, 4.69) is 54.8 Å². The first kappa shape index (κ1) is 15.5. The van der Waals surface area contributed by atoms with E-state index >= 15 is 0 Å². The van der Waals surface area contributed by atoms with E-state index in [1.165, 1.54) is 5.56 Å². The van der Waals surface area contributed by atoms with Crippen LogP contribution in [-0.4, -0.2) is 60.3 Å². The molecule has 0 aromatic heterocycles. The highest BCUT2D eigenvalue weighted by Gasteiger charge is 2.30. The van der Waals surface area contributed by atoms with Crippen molar-refractivity contribution in [3.05, 3.63) is 35.9 Å². The Morgan fingerprint density at radius 2 is 1.70 bits per heavy atom. The van der Waals surface area contributed by atoms with Gasteiger partial charge in [0, 0.05) is 44.2 Å². The summed E-state index contributed by atoms with van der Waals surface area (Å²) in [6, 6.07) is 11.0. The summed E-state index contributed by atoms with van der Waals surface area (Å²) in [5.41, 5.74) is 1.06. The van der Waals surface area contributed by atoms with Crippen molar-refractivity contribution in [3.8, 4) is 0 Å². The van der Waals surface area contributed by atoms with E-state index in [9.17, 15) is 5.11 Å². The van der Waals surface area contributed by atoms with Crippen molar-refractivity contribution in [1.82, 2.24) is 9.80 Å². The topological polar surface area (TPSA) is 26.7 Å². The lowest BCUT2D eigenvalue weighted by Gasteiger charge is -2.41. The molecule has 1 aliphatic rings. The first-order valence-corrected chi connectivity index (χ1v) is 7.68. The smallest absolute Gasteiger partial charge is 0.0537 e. The van der Waals surface area contributed by atoms with Gasteiger partial charge in [-0.3, -0.25) is 9.80 Å². The van der Waals surface area contributed by atoms with Gasteiger partial charge >= 0.3 is 0 Å². The molecule has 1 N–H and O–H groups in total. The molecule has 112 valence electrons. The summed E-state index contributed by atoms with van der Waals surface area (Å²) >= 11 is 0. The zero-order valence-electron chi connectivity index (χ0n) is 13.0. The van der Waals surface area contributed by atoms with Gasteiger partial charge in [0.25, 0.3) is 0 Å². The van der Waals surface area contributed by atoms with Gasteiger partial charge in [-0.25, -0.2) is 0 Å². The van der Waals surface area contributed by atoms with Crippen molar-refractivity contribution in [2.75, 3.05) is 39.3 Å². The third-order valence-electron chi connectivity index (χ3n) is 4.53. The van der Waals surface area contributed by atoms with Gasteiger partial charge in [-0.15, -0.1) is 0 Å². The number of hydrogen-bond acceptors (Lipinski definition) is 3. The SMILES string of the molecule is CC(C)N1CCN(CC(C)(CO)c2ccccc2)CC1. The third-order valence-corrected chi connectivity index (χ3v) is 4.53. The second-order valence-corrected chi connectivity index (χ2v) is 6.49. The van der Waals surface area contributed by atoms with Gasteiger partial charge in [-0.05, 0) is 19.4 Å². The van der Waals surface area contributed by atoms with Crippen molar-refractivity contribution >= 4 is 0 Å². The average molecular weight is 276 g/mol. The van der Waals surface area contributed by atoms with Crippen LogP contribution in [0, 0.1) is 0 Å². The fourth-order valence-corrected chi connectivity index (χ4v) is 3.00. The average Bonchev–Trinajstić information content (AvgIpc) is 2.48. The second-order valence-electron chi connectivity index (χ2n) is 6.49. The highest BCUT2D eigenvalue weighted by Crippen LogP contribution is 2.25. The Labute approximate surface area is 123 Å². The molecule has 1 aromatic carbocycles. The molecular weight excluding hydrogens is 248 g/mol. The second kappa shape index (κ2) is 6.70. The van der Waals surface area contributed by atoms with Crippen molar-refractivity contribution in [1.29, 1.82) is 0 Å². The molecule has 0 radical (unpaired) electrons. The van der Waals surface area contributed by atoms with Crippen LogP contribution >= 0.6 is 0 Å². The molecule has 1 atom stereocenters. The third kappa shape index (κ3) is 3.60. The number of aliphatic hydroxyl groups excluding tert-OH is 1. The van der Waals surface area contributed by atoms with Crippen LogP contribution in [0.2, 0.25) is 0 Å². The molecule has 1 aliphatic heterocycles. The zero-order valence-corrected chi connectivity index (χ0v) is 13.0. The molecule has 0 saturated carbocycles. The first-order valence-electron chi connectivity index (χ1n) is 7.68. The van der Waals surface area contributed by atoms with Gasteiger partial charge in [0.2, 0.25) is 0 Å². The number of benzene rings is 1. The Hall–Kier alpha value is -0.900. The Morgan fingerprint density at radius 1 is 1.10 bits per heavy atom. The van der Waals surface area contributed by atoms with Gasteiger partial charge in [0.1, 0.15) is 0 Å². The normalized spacial score (nSPS) is 21.1. The van der Waals surface area contributed by atoms with E-state index in [0.29, 0.717) is 6.04 Å². The molecule has 1 aromatic rings. The van der Waals surface area contributed by atoms with Gasteiger partial charge in [-0.2, -0.15) is 0 Å². The van der Waals surface area contributed by atoms with E-state index < -0.39 is 0 Å². The minimum Gasteiger partial charge on any atom is -0.395 e. The van der Waals surface area contributed by atoms with E-state index in [1.54, 1.807) is 0 Å². The van der Waals surface area contributed by atoms with Crippen molar-refractivity contribution in [2.24, 2.45) is 0 Å². The van der Waals surface area contributed by atoms with Gasteiger partial charge < -0.3 is 5.11 Å². The predicted molar refractivity (Wildman–Crippen MR) is 84.0 cm³/mol. The fraction of sp³-hybridized carbons (Fsp3) is 0.647. The van der Waals surface area contributed by atoms with Crippen LogP contribution in [0.1, 0.15) is 26.3 Å². The summed E-state index contributed by atoms with van der Waals surface area (Å²) < 4.78 is 0. The van der Waals surface area contributed by atoms with Gasteiger partial charge in [-0.1, -0.05) is 37.3 Å². The summed E-state index contributed by atoms with van der Waals surface area (Å²) in [5.74, 6) is 0. The Balaban J connectivity index is 1.98. The van der Waals surface area contributed by atoms with Crippen LogP contribution in [0.4, 0.5) is 0 Å². The van der Waals surface area contributed by atoms with E-state index in [4.69, 9.17) is 0 Å². The van der Waals surface area contributed by atoms with Crippen LogP contribution in [0.5, 0.6) is 0 Å². The maximum Gasteiger partial charge on any atom is 0.0537 e. The van der Waals surface area contributed by atoms with Crippen molar-refractivity contribution in [2.45, 2.75) is 32.2 Å². The van der Waals surface area contributed by atoms with Crippen LogP contribution in [0.25, 0.3) is 0 Å². The standard InChI is InChI=1S/C17H28N2O/c1-15(2)19-11-9-18(10-12-19)13-17(3,14-20)16-7-5-4-6-8-16/h4-8,15,20H,9-14H2,1-3H3. The first-order chi connectivity index (χ1) is 9.55. The molecule has 0 aliphatic carbocycles. The van der Waals surface area contributed by atoms with Crippen molar-refractivity contribution in [3.63, 3.8) is 0 Å². The highest BCUT2D eigenvalue weighted by atomic mass is 16.3. The molecule has 0 bridgehead atoms. The lowest BCUT2D eigenvalue weighted by molar-refractivity contribution is 0.0770. The quantitative estimate of drug-likeness (QED) is 0.890. The summed E-state index contributed by atoms with van der Waals surface area (Å²) in [4.78, 5) is 5.01. The molecule has 3 heteroatoms. The molecule has 1 heterocycles. The maximum atomic E-state index is 9.87. The molecular formula is C17H28N2O.